The van der Waals surface area contributed by atoms with Crippen LogP contribution < -0.4 is 5.32 Å². The maximum atomic E-state index is 12.9. The first kappa shape index (κ1) is 22.5. The summed E-state index contributed by atoms with van der Waals surface area (Å²) in [6.07, 6.45) is 1.03. The average Bonchev–Trinajstić information content (AvgIpc) is 2.71. The van der Waals surface area contributed by atoms with E-state index >= 15 is 0 Å². The highest BCUT2D eigenvalue weighted by molar-refractivity contribution is 7.88. The van der Waals surface area contributed by atoms with Gasteiger partial charge in [-0.1, -0.05) is 35.3 Å². The van der Waals surface area contributed by atoms with Gasteiger partial charge >= 0.3 is 0 Å². The summed E-state index contributed by atoms with van der Waals surface area (Å²) in [6, 6.07) is 10.4. The predicted molar refractivity (Wildman–Crippen MR) is 115 cm³/mol. The van der Waals surface area contributed by atoms with Crippen LogP contribution in [-0.2, 0) is 20.6 Å². The highest BCUT2D eigenvalue weighted by atomic mass is 35.5. The van der Waals surface area contributed by atoms with Crippen molar-refractivity contribution >= 4 is 50.5 Å². The van der Waals surface area contributed by atoms with Crippen LogP contribution in [0.5, 0.6) is 0 Å². The molecule has 1 aliphatic rings. The Kier molecular flexibility index (Phi) is 6.97. The summed E-state index contributed by atoms with van der Waals surface area (Å²) < 4.78 is 27.1. The van der Waals surface area contributed by atoms with Crippen molar-refractivity contribution in [2.24, 2.45) is 5.92 Å². The molecule has 30 heavy (non-hydrogen) atoms. The van der Waals surface area contributed by atoms with E-state index in [4.69, 9.17) is 23.2 Å². The number of non-ortho nitro benzene ring substituents is 1. The number of amides is 1. The lowest BCUT2D eigenvalue weighted by Crippen LogP contribution is -2.44. The van der Waals surface area contributed by atoms with Gasteiger partial charge in [0, 0.05) is 46.5 Å². The van der Waals surface area contributed by atoms with Crippen molar-refractivity contribution in [3.05, 3.63) is 68.2 Å². The Hall–Kier alpha value is -2.20. The van der Waals surface area contributed by atoms with Crippen LogP contribution in [0.4, 0.5) is 11.4 Å². The van der Waals surface area contributed by atoms with Crippen LogP contribution in [0.15, 0.2) is 42.5 Å². The molecule has 0 spiro atoms. The predicted octanol–water partition coefficient (Wildman–Crippen LogP) is 4.08. The molecule has 0 bridgehead atoms. The molecular weight excluding hydrogens is 453 g/mol. The first-order valence-electron chi connectivity index (χ1n) is 9.13. The monoisotopic (exact) mass is 471 g/mol. The number of nitrogens with zero attached hydrogens (tertiary/aromatic N) is 2. The Morgan fingerprint density at radius 1 is 1.20 bits per heavy atom. The molecule has 1 fully saturated rings. The Balaban J connectivity index is 1.70. The van der Waals surface area contributed by atoms with E-state index < -0.39 is 20.9 Å². The molecule has 1 unspecified atom stereocenters. The van der Waals surface area contributed by atoms with Crippen LogP contribution in [0.2, 0.25) is 10.0 Å². The van der Waals surface area contributed by atoms with Crippen molar-refractivity contribution in [2.75, 3.05) is 18.4 Å². The van der Waals surface area contributed by atoms with Gasteiger partial charge in [0.05, 0.1) is 16.6 Å². The number of piperidine rings is 1. The van der Waals surface area contributed by atoms with Gasteiger partial charge in [0.1, 0.15) is 0 Å². The molecule has 1 atom stereocenters. The number of anilines is 1. The minimum absolute atomic E-state index is 0.0190. The van der Waals surface area contributed by atoms with E-state index in [1.165, 1.54) is 22.5 Å². The summed E-state index contributed by atoms with van der Waals surface area (Å²) >= 11 is 12.2. The molecule has 8 nitrogen and oxygen atoms in total. The minimum Gasteiger partial charge on any atom is -0.326 e. The lowest BCUT2D eigenvalue weighted by molar-refractivity contribution is -0.384. The van der Waals surface area contributed by atoms with Gasteiger partial charge in [-0.3, -0.25) is 14.9 Å². The number of nitro groups is 1. The van der Waals surface area contributed by atoms with Crippen LogP contribution in [0.25, 0.3) is 0 Å². The SMILES string of the molecule is O=C(Nc1cccc([N+](=O)[O-])c1)C1CCCN(S(=O)(=O)Cc2c(Cl)cccc2Cl)C1. The number of nitrogens with one attached hydrogen (secondary N) is 1. The van der Waals surface area contributed by atoms with Crippen molar-refractivity contribution < 1.29 is 18.1 Å². The number of benzene rings is 2. The minimum atomic E-state index is -3.74. The highest BCUT2D eigenvalue weighted by Gasteiger charge is 2.33. The molecule has 3 rings (SSSR count). The van der Waals surface area contributed by atoms with Gasteiger partial charge < -0.3 is 5.32 Å². The first-order chi connectivity index (χ1) is 14.2. The molecule has 1 heterocycles. The van der Waals surface area contributed by atoms with Crippen molar-refractivity contribution in [1.82, 2.24) is 4.31 Å². The molecule has 1 aliphatic heterocycles. The van der Waals surface area contributed by atoms with Gasteiger partial charge in [0.25, 0.3) is 5.69 Å². The smallest absolute Gasteiger partial charge is 0.271 e. The van der Waals surface area contributed by atoms with Crippen molar-refractivity contribution in [3.63, 3.8) is 0 Å². The largest absolute Gasteiger partial charge is 0.326 e. The summed E-state index contributed by atoms with van der Waals surface area (Å²) in [4.78, 5) is 23.0. The fraction of sp³-hybridized carbons (Fsp3) is 0.316. The summed E-state index contributed by atoms with van der Waals surface area (Å²) in [7, 11) is -3.74. The fourth-order valence-electron chi connectivity index (χ4n) is 3.29. The Labute approximate surface area is 184 Å². The van der Waals surface area contributed by atoms with Gasteiger partial charge in [0.2, 0.25) is 15.9 Å². The number of nitro benzene ring substituents is 1. The van der Waals surface area contributed by atoms with Gasteiger partial charge in [0.15, 0.2) is 0 Å². The first-order valence-corrected chi connectivity index (χ1v) is 11.5. The Bertz CT molecular complexity index is 1060. The third kappa shape index (κ3) is 5.28. The quantitative estimate of drug-likeness (QED) is 0.503. The molecule has 0 saturated carbocycles. The van der Waals surface area contributed by atoms with Gasteiger partial charge in [-0.25, -0.2) is 12.7 Å². The second kappa shape index (κ2) is 9.30. The molecule has 160 valence electrons. The van der Waals surface area contributed by atoms with Crippen LogP contribution in [0.1, 0.15) is 18.4 Å². The molecular formula is C19H19Cl2N3O5S. The number of halogens is 2. The zero-order chi connectivity index (χ0) is 21.9. The maximum Gasteiger partial charge on any atom is 0.271 e. The Morgan fingerprint density at radius 3 is 2.53 bits per heavy atom. The normalized spacial score (nSPS) is 17.5. The number of sulfonamides is 1. The second-order valence-corrected chi connectivity index (χ2v) is 9.73. The third-order valence-electron chi connectivity index (χ3n) is 4.86. The summed E-state index contributed by atoms with van der Waals surface area (Å²) in [5.74, 6) is -1.31. The number of carbonyl (C=O) groups is 1. The lowest BCUT2D eigenvalue weighted by Gasteiger charge is -2.31. The highest BCUT2D eigenvalue weighted by Crippen LogP contribution is 2.29. The maximum absolute atomic E-state index is 12.9. The molecule has 0 radical (unpaired) electrons. The molecule has 1 amide bonds. The topological polar surface area (TPSA) is 110 Å². The molecule has 11 heteroatoms. The lowest BCUT2D eigenvalue weighted by atomic mass is 9.98. The molecule has 0 aromatic heterocycles. The molecule has 2 aromatic rings. The van der Waals surface area contributed by atoms with E-state index in [1.54, 1.807) is 24.3 Å². The van der Waals surface area contributed by atoms with E-state index in [9.17, 15) is 23.3 Å². The van der Waals surface area contributed by atoms with Crippen LogP contribution in [0.3, 0.4) is 0 Å². The molecule has 0 aliphatic carbocycles. The van der Waals surface area contributed by atoms with E-state index in [2.05, 4.69) is 5.32 Å². The van der Waals surface area contributed by atoms with Crippen molar-refractivity contribution in [3.8, 4) is 0 Å². The summed E-state index contributed by atoms with van der Waals surface area (Å²) in [5, 5.41) is 14.1. The van der Waals surface area contributed by atoms with Gasteiger partial charge in [-0.2, -0.15) is 0 Å². The number of rotatable bonds is 6. The summed E-state index contributed by atoms with van der Waals surface area (Å²) in [6.45, 7) is 0.316. The molecule has 2 aromatic carbocycles. The van der Waals surface area contributed by atoms with E-state index in [-0.39, 0.29) is 39.6 Å². The molecule has 1 N–H and O–H groups in total. The third-order valence-corrected chi connectivity index (χ3v) is 7.34. The number of hydrogen-bond acceptors (Lipinski definition) is 5. The summed E-state index contributed by atoms with van der Waals surface area (Å²) in [5.41, 5.74) is 0.471. The van der Waals surface area contributed by atoms with Crippen LogP contribution in [0, 0.1) is 16.0 Å². The fourth-order valence-corrected chi connectivity index (χ4v) is 5.66. The molecule has 1 saturated heterocycles. The zero-order valence-electron chi connectivity index (χ0n) is 15.8. The average molecular weight is 472 g/mol. The standard InChI is InChI=1S/C19H19Cl2N3O5S/c20-17-7-2-8-18(21)16(17)12-30(28,29)23-9-3-4-13(11-23)19(25)22-14-5-1-6-15(10-14)24(26)27/h1-2,5-8,10,13H,3-4,9,11-12H2,(H,22,25). The van der Waals surface area contributed by atoms with Crippen LogP contribution >= 0.6 is 23.2 Å². The van der Waals surface area contributed by atoms with Crippen molar-refractivity contribution in [1.29, 1.82) is 0 Å². The van der Waals surface area contributed by atoms with Crippen molar-refractivity contribution in [2.45, 2.75) is 18.6 Å². The second-order valence-electron chi connectivity index (χ2n) is 6.95. The Morgan fingerprint density at radius 2 is 1.87 bits per heavy atom. The van der Waals surface area contributed by atoms with E-state index in [0.29, 0.717) is 24.9 Å². The van der Waals surface area contributed by atoms with Gasteiger partial charge in [-0.15, -0.1) is 0 Å². The van der Waals surface area contributed by atoms with Crippen LogP contribution in [-0.4, -0.2) is 36.6 Å². The number of carbonyl (C=O) groups excluding carboxylic acids is 1. The van der Waals surface area contributed by atoms with E-state index in [0.717, 1.165) is 0 Å². The van der Waals surface area contributed by atoms with Gasteiger partial charge in [-0.05, 0) is 31.0 Å². The number of hydrogen-bond donors (Lipinski definition) is 1. The zero-order valence-corrected chi connectivity index (χ0v) is 18.1. The van der Waals surface area contributed by atoms with E-state index in [1.807, 2.05) is 0 Å².